The number of nitrogens with zero attached hydrogens (tertiary/aromatic N) is 3. The quantitative estimate of drug-likeness (QED) is 0.456. The third-order valence-electron chi connectivity index (χ3n) is 4.38. The fraction of sp³-hybridized carbons (Fsp3) is 0.0952. The largest absolute Gasteiger partial charge is 0.303 e. The minimum atomic E-state index is -0.344. The first-order valence-corrected chi connectivity index (χ1v) is 9.68. The lowest BCUT2D eigenvalue weighted by atomic mass is 10.1. The minimum Gasteiger partial charge on any atom is -0.303 e. The first kappa shape index (κ1) is 19.1. The van der Waals surface area contributed by atoms with E-state index in [9.17, 15) is 9.18 Å². The molecule has 0 fully saturated rings. The van der Waals surface area contributed by atoms with E-state index in [1.54, 1.807) is 29.1 Å². The number of rotatable bonds is 5. The zero-order valence-corrected chi connectivity index (χ0v) is 17.1. The van der Waals surface area contributed by atoms with Crippen molar-refractivity contribution < 1.29 is 9.18 Å². The zero-order chi connectivity index (χ0) is 20.4. The molecule has 0 unspecified atom stereocenters. The van der Waals surface area contributed by atoms with Crippen molar-refractivity contribution in [1.29, 1.82) is 0 Å². The summed E-state index contributed by atoms with van der Waals surface area (Å²) in [5.41, 5.74) is 4.01. The molecule has 0 aliphatic rings. The Morgan fingerprint density at radius 1 is 1.17 bits per heavy atom. The van der Waals surface area contributed by atoms with Crippen molar-refractivity contribution in [3.8, 4) is 11.3 Å². The number of carbonyl (C=O) groups is 1. The zero-order valence-electron chi connectivity index (χ0n) is 15.5. The molecule has 0 bridgehead atoms. The normalized spacial score (nSPS) is 10.9. The second-order valence-electron chi connectivity index (χ2n) is 6.64. The summed E-state index contributed by atoms with van der Waals surface area (Å²) in [6.45, 7) is 2.47. The predicted octanol–water partition coefficient (Wildman–Crippen LogP) is 4.78. The Balaban J connectivity index is 1.46. The highest BCUT2D eigenvalue weighted by Gasteiger charge is 2.15. The molecule has 0 radical (unpaired) electrons. The number of aromatic amines is 1. The number of amides is 1. The number of aromatic nitrogens is 4. The van der Waals surface area contributed by atoms with Crippen LogP contribution in [0.25, 0.3) is 11.3 Å². The van der Waals surface area contributed by atoms with Crippen molar-refractivity contribution in [3.63, 3.8) is 0 Å². The molecule has 4 aromatic rings. The molecule has 2 heterocycles. The summed E-state index contributed by atoms with van der Waals surface area (Å²) < 4.78 is 15.3. The van der Waals surface area contributed by atoms with Crippen LogP contribution in [-0.2, 0) is 6.54 Å². The van der Waals surface area contributed by atoms with E-state index in [2.05, 4.69) is 36.5 Å². The second kappa shape index (κ2) is 8.00. The van der Waals surface area contributed by atoms with Crippen molar-refractivity contribution in [2.24, 2.45) is 0 Å². The third-order valence-corrected chi connectivity index (χ3v) is 4.96. The molecule has 0 aliphatic carbocycles. The number of benzene rings is 2. The van der Waals surface area contributed by atoms with Gasteiger partial charge in [-0.05, 0) is 46.6 Å². The SMILES string of the molecule is Cc1ccc(-c2cc(C(=O)Nc3nn(Cc4ccc(F)cc4)cc3Br)[nH]n2)cc1. The van der Waals surface area contributed by atoms with Gasteiger partial charge in [-0.25, -0.2) is 4.39 Å². The first-order valence-electron chi connectivity index (χ1n) is 8.89. The van der Waals surface area contributed by atoms with Gasteiger partial charge in [0.15, 0.2) is 5.82 Å². The number of carbonyl (C=O) groups excluding carboxylic acids is 1. The molecule has 0 saturated heterocycles. The fourth-order valence-electron chi connectivity index (χ4n) is 2.82. The van der Waals surface area contributed by atoms with E-state index in [4.69, 9.17) is 0 Å². The molecule has 0 aliphatic heterocycles. The molecule has 4 rings (SSSR count). The summed E-state index contributed by atoms with van der Waals surface area (Å²) in [5.74, 6) is -0.236. The maximum atomic E-state index is 13.0. The Hall–Kier alpha value is -3.26. The fourth-order valence-corrected chi connectivity index (χ4v) is 3.24. The van der Waals surface area contributed by atoms with Crippen LogP contribution in [0.4, 0.5) is 10.2 Å². The second-order valence-corrected chi connectivity index (χ2v) is 7.49. The maximum Gasteiger partial charge on any atom is 0.274 e. The van der Waals surface area contributed by atoms with E-state index in [1.807, 2.05) is 31.2 Å². The number of halogens is 2. The molecular weight excluding hydrogens is 437 g/mol. The molecule has 0 spiro atoms. The number of hydrogen-bond acceptors (Lipinski definition) is 3. The van der Waals surface area contributed by atoms with Gasteiger partial charge < -0.3 is 5.32 Å². The van der Waals surface area contributed by atoms with Gasteiger partial charge in [0.1, 0.15) is 11.5 Å². The highest BCUT2D eigenvalue weighted by atomic mass is 79.9. The Morgan fingerprint density at radius 3 is 2.62 bits per heavy atom. The maximum absolute atomic E-state index is 13.0. The highest BCUT2D eigenvalue weighted by molar-refractivity contribution is 9.10. The lowest BCUT2D eigenvalue weighted by Gasteiger charge is -2.02. The number of nitrogens with one attached hydrogen (secondary N) is 2. The van der Waals surface area contributed by atoms with Crippen LogP contribution in [0.5, 0.6) is 0 Å². The van der Waals surface area contributed by atoms with Crippen LogP contribution in [0, 0.1) is 12.7 Å². The van der Waals surface area contributed by atoms with E-state index in [-0.39, 0.29) is 11.7 Å². The molecule has 1 amide bonds. The number of H-pyrrole nitrogens is 1. The molecule has 29 heavy (non-hydrogen) atoms. The van der Waals surface area contributed by atoms with Crippen LogP contribution < -0.4 is 5.32 Å². The number of anilines is 1. The van der Waals surface area contributed by atoms with E-state index in [0.717, 1.165) is 16.7 Å². The molecule has 0 atom stereocenters. The summed E-state index contributed by atoms with van der Waals surface area (Å²) in [7, 11) is 0. The van der Waals surface area contributed by atoms with Crippen molar-refractivity contribution in [1.82, 2.24) is 20.0 Å². The van der Waals surface area contributed by atoms with Gasteiger partial charge in [-0.2, -0.15) is 10.2 Å². The third kappa shape index (κ3) is 4.43. The molecule has 8 heteroatoms. The smallest absolute Gasteiger partial charge is 0.274 e. The molecule has 146 valence electrons. The standard InChI is InChI=1S/C21H17BrFN5O/c1-13-2-6-15(7-3-13)18-10-19(26-25-18)21(29)24-20-17(22)12-28(27-20)11-14-4-8-16(23)9-5-14/h2-10,12H,11H2,1H3,(H,25,26)(H,24,27,29). The van der Waals surface area contributed by atoms with Gasteiger partial charge in [-0.3, -0.25) is 14.6 Å². The summed E-state index contributed by atoms with van der Waals surface area (Å²) in [4.78, 5) is 12.6. The molecule has 2 aromatic heterocycles. The van der Waals surface area contributed by atoms with Gasteiger partial charge in [-0.15, -0.1) is 0 Å². The Bertz CT molecular complexity index is 1150. The van der Waals surface area contributed by atoms with Gasteiger partial charge in [-0.1, -0.05) is 42.0 Å². The number of aryl methyl sites for hydroxylation is 1. The Morgan fingerprint density at radius 2 is 1.90 bits per heavy atom. The van der Waals surface area contributed by atoms with E-state index >= 15 is 0 Å². The topological polar surface area (TPSA) is 75.6 Å². The van der Waals surface area contributed by atoms with Crippen molar-refractivity contribution in [2.45, 2.75) is 13.5 Å². The van der Waals surface area contributed by atoms with Gasteiger partial charge in [0.25, 0.3) is 5.91 Å². The predicted molar refractivity (Wildman–Crippen MR) is 112 cm³/mol. The minimum absolute atomic E-state index is 0.284. The summed E-state index contributed by atoms with van der Waals surface area (Å²) in [5, 5.41) is 14.1. The first-order chi connectivity index (χ1) is 14.0. The summed E-state index contributed by atoms with van der Waals surface area (Å²) in [6, 6.07) is 15.8. The Labute approximate surface area is 174 Å². The average Bonchev–Trinajstić information content (AvgIpc) is 3.32. The van der Waals surface area contributed by atoms with Gasteiger partial charge in [0.05, 0.1) is 16.7 Å². The van der Waals surface area contributed by atoms with E-state index in [0.29, 0.717) is 28.2 Å². The lowest BCUT2D eigenvalue weighted by molar-refractivity contribution is 0.102. The lowest BCUT2D eigenvalue weighted by Crippen LogP contribution is -2.13. The molecule has 2 aromatic carbocycles. The summed E-state index contributed by atoms with van der Waals surface area (Å²) in [6.07, 6.45) is 1.75. The Kier molecular flexibility index (Phi) is 5.26. The molecule has 2 N–H and O–H groups in total. The van der Waals surface area contributed by atoms with Crippen molar-refractivity contribution in [3.05, 3.63) is 87.9 Å². The van der Waals surface area contributed by atoms with Crippen LogP contribution in [0.15, 0.2) is 65.3 Å². The highest BCUT2D eigenvalue weighted by Crippen LogP contribution is 2.23. The van der Waals surface area contributed by atoms with Gasteiger partial charge in [0.2, 0.25) is 0 Å². The molecule has 6 nitrogen and oxygen atoms in total. The van der Waals surface area contributed by atoms with Crippen molar-refractivity contribution in [2.75, 3.05) is 5.32 Å². The van der Waals surface area contributed by atoms with Gasteiger partial charge in [0, 0.05) is 11.8 Å². The summed E-state index contributed by atoms with van der Waals surface area (Å²) >= 11 is 3.41. The van der Waals surface area contributed by atoms with Crippen LogP contribution in [-0.4, -0.2) is 25.9 Å². The van der Waals surface area contributed by atoms with Crippen LogP contribution in [0.3, 0.4) is 0 Å². The van der Waals surface area contributed by atoms with Gasteiger partial charge >= 0.3 is 0 Å². The molecule has 0 saturated carbocycles. The number of hydrogen-bond donors (Lipinski definition) is 2. The van der Waals surface area contributed by atoms with E-state index < -0.39 is 0 Å². The van der Waals surface area contributed by atoms with Crippen molar-refractivity contribution >= 4 is 27.7 Å². The van der Waals surface area contributed by atoms with Crippen LogP contribution in [0.1, 0.15) is 21.6 Å². The average molecular weight is 454 g/mol. The van der Waals surface area contributed by atoms with Crippen LogP contribution in [0.2, 0.25) is 0 Å². The molecular formula is C21H17BrFN5O. The van der Waals surface area contributed by atoms with Crippen LogP contribution >= 0.6 is 15.9 Å². The monoisotopic (exact) mass is 453 g/mol. The van der Waals surface area contributed by atoms with E-state index in [1.165, 1.54) is 12.1 Å².